The van der Waals surface area contributed by atoms with Gasteiger partial charge in [-0.1, -0.05) is 6.07 Å². The first-order valence-electron chi connectivity index (χ1n) is 4.91. The number of hydrogen-bond acceptors (Lipinski definition) is 4. The van der Waals surface area contributed by atoms with Gasteiger partial charge in [0, 0.05) is 19.1 Å². The van der Waals surface area contributed by atoms with Crippen molar-refractivity contribution in [3.63, 3.8) is 0 Å². The normalized spacial score (nSPS) is 17.2. The van der Waals surface area contributed by atoms with Crippen molar-refractivity contribution in [1.29, 1.82) is 0 Å². The minimum Gasteiger partial charge on any atom is -0.329 e. The van der Waals surface area contributed by atoms with Crippen molar-refractivity contribution in [2.45, 2.75) is 23.1 Å². The van der Waals surface area contributed by atoms with Crippen LogP contribution in [0.2, 0.25) is 0 Å². The Morgan fingerprint density at radius 3 is 2.73 bits per heavy atom. The lowest BCUT2D eigenvalue weighted by Crippen LogP contribution is -2.36. The van der Waals surface area contributed by atoms with Crippen molar-refractivity contribution in [2.24, 2.45) is 5.73 Å². The summed E-state index contributed by atoms with van der Waals surface area (Å²) < 4.78 is 26.3. The number of thiophene rings is 1. The van der Waals surface area contributed by atoms with Gasteiger partial charge in [0.15, 0.2) is 0 Å². The van der Waals surface area contributed by atoms with Crippen molar-refractivity contribution in [2.75, 3.05) is 13.1 Å². The molecule has 1 saturated carbocycles. The van der Waals surface area contributed by atoms with Crippen LogP contribution in [-0.4, -0.2) is 31.9 Å². The first kappa shape index (κ1) is 11.1. The lowest BCUT2D eigenvalue weighted by Gasteiger charge is -2.19. The molecule has 15 heavy (non-hydrogen) atoms. The highest BCUT2D eigenvalue weighted by atomic mass is 32.2. The first-order chi connectivity index (χ1) is 7.16. The van der Waals surface area contributed by atoms with Crippen LogP contribution in [0.4, 0.5) is 0 Å². The summed E-state index contributed by atoms with van der Waals surface area (Å²) in [5.41, 5.74) is 5.44. The van der Waals surface area contributed by atoms with Crippen LogP contribution in [-0.2, 0) is 10.0 Å². The molecule has 0 saturated heterocycles. The molecule has 4 nitrogen and oxygen atoms in total. The molecule has 0 atom stereocenters. The highest BCUT2D eigenvalue weighted by Gasteiger charge is 2.37. The summed E-state index contributed by atoms with van der Waals surface area (Å²) in [5, 5.41) is 1.78. The largest absolute Gasteiger partial charge is 0.329 e. The standard InChI is InChI=1S/C9H14N2O2S2/c10-5-6-11(8-3-4-8)15(12,13)9-2-1-7-14-9/h1-2,7-8H,3-6,10H2. The van der Waals surface area contributed by atoms with E-state index >= 15 is 0 Å². The van der Waals surface area contributed by atoms with Crippen LogP contribution in [0.3, 0.4) is 0 Å². The van der Waals surface area contributed by atoms with Crippen LogP contribution in [0.15, 0.2) is 21.7 Å². The molecule has 1 fully saturated rings. The number of hydrogen-bond donors (Lipinski definition) is 1. The second-order valence-corrected chi connectivity index (χ2v) is 6.63. The SMILES string of the molecule is NCCN(C1CC1)S(=O)(=O)c1cccs1. The van der Waals surface area contributed by atoms with Crippen LogP contribution in [0.25, 0.3) is 0 Å². The van der Waals surface area contributed by atoms with Crippen molar-refractivity contribution < 1.29 is 8.42 Å². The lowest BCUT2D eigenvalue weighted by molar-refractivity contribution is 0.413. The van der Waals surface area contributed by atoms with Crippen LogP contribution >= 0.6 is 11.3 Å². The Labute approximate surface area is 93.8 Å². The maximum Gasteiger partial charge on any atom is 0.252 e. The molecule has 1 heterocycles. The molecule has 0 aromatic carbocycles. The summed E-state index contributed by atoms with van der Waals surface area (Å²) in [6.07, 6.45) is 1.93. The van der Waals surface area contributed by atoms with E-state index in [0.29, 0.717) is 17.3 Å². The molecule has 84 valence electrons. The zero-order valence-corrected chi connectivity index (χ0v) is 9.93. The second kappa shape index (κ2) is 4.21. The van der Waals surface area contributed by atoms with Gasteiger partial charge in [-0.3, -0.25) is 0 Å². The van der Waals surface area contributed by atoms with Crippen molar-refractivity contribution in [1.82, 2.24) is 4.31 Å². The molecule has 6 heteroatoms. The fourth-order valence-electron chi connectivity index (χ4n) is 1.51. The van der Waals surface area contributed by atoms with Crippen molar-refractivity contribution in [3.05, 3.63) is 17.5 Å². The molecule has 1 aromatic heterocycles. The molecule has 2 rings (SSSR count). The predicted octanol–water partition coefficient (Wildman–Crippen LogP) is 0.860. The molecule has 1 aliphatic carbocycles. The minimum absolute atomic E-state index is 0.181. The Bertz CT molecular complexity index is 409. The van der Waals surface area contributed by atoms with Gasteiger partial charge in [-0.15, -0.1) is 11.3 Å². The number of rotatable bonds is 5. The summed E-state index contributed by atoms with van der Waals surface area (Å²) in [6, 6.07) is 3.58. The molecule has 0 radical (unpaired) electrons. The molecule has 1 aromatic rings. The van der Waals surface area contributed by atoms with E-state index in [2.05, 4.69) is 0 Å². The first-order valence-corrected chi connectivity index (χ1v) is 7.23. The Kier molecular flexibility index (Phi) is 3.11. The quantitative estimate of drug-likeness (QED) is 0.838. The molecular formula is C9H14N2O2S2. The monoisotopic (exact) mass is 246 g/mol. The van der Waals surface area contributed by atoms with Crippen molar-refractivity contribution in [3.8, 4) is 0 Å². The van der Waals surface area contributed by atoms with E-state index in [1.54, 1.807) is 21.8 Å². The van der Waals surface area contributed by atoms with E-state index in [1.807, 2.05) is 0 Å². The fourth-order valence-corrected chi connectivity index (χ4v) is 4.33. The number of nitrogens with zero attached hydrogens (tertiary/aromatic N) is 1. The Balaban J connectivity index is 2.26. The van der Waals surface area contributed by atoms with E-state index < -0.39 is 10.0 Å². The van der Waals surface area contributed by atoms with E-state index in [4.69, 9.17) is 5.73 Å². The third-order valence-electron chi connectivity index (χ3n) is 2.36. The smallest absolute Gasteiger partial charge is 0.252 e. The summed E-state index contributed by atoms with van der Waals surface area (Å²) in [7, 11) is -3.28. The minimum atomic E-state index is -3.28. The van der Waals surface area contributed by atoms with Crippen LogP contribution < -0.4 is 5.73 Å². The fraction of sp³-hybridized carbons (Fsp3) is 0.556. The van der Waals surface area contributed by atoms with E-state index in [0.717, 1.165) is 12.8 Å². The van der Waals surface area contributed by atoms with Crippen LogP contribution in [0.1, 0.15) is 12.8 Å². The zero-order chi connectivity index (χ0) is 10.9. The van der Waals surface area contributed by atoms with Gasteiger partial charge in [0.1, 0.15) is 4.21 Å². The van der Waals surface area contributed by atoms with Gasteiger partial charge < -0.3 is 5.73 Å². The Hall–Kier alpha value is -0.430. The molecule has 0 unspecified atom stereocenters. The van der Waals surface area contributed by atoms with Gasteiger partial charge in [-0.25, -0.2) is 8.42 Å². The van der Waals surface area contributed by atoms with Gasteiger partial charge in [-0.05, 0) is 24.3 Å². The van der Waals surface area contributed by atoms with Gasteiger partial charge in [0.05, 0.1) is 0 Å². The maximum absolute atomic E-state index is 12.1. The summed E-state index contributed by atoms with van der Waals surface area (Å²) in [5.74, 6) is 0. The van der Waals surface area contributed by atoms with Crippen molar-refractivity contribution >= 4 is 21.4 Å². The maximum atomic E-state index is 12.1. The topological polar surface area (TPSA) is 63.4 Å². The number of sulfonamides is 1. The van der Waals surface area contributed by atoms with E-state index in [-0.39, 0.29) is 6.04 Å². The third kappa shape index (κ3) is 2.23. The highest BCUT2D eigenvalue weighted by molar-refractivity contribution is 7.91. The summed E-state index contributed by atoms with van der Waals surface area (Å²) in [4.78, 5) is 0. The molecule has 0 amide bonds. The number of nitrogens with two attached hydrogens (primary N) is 1. The molecule has 0 bridgehead atoms. The molecular weight excluding hydrogens is 232 g/mol. The second-order valence-electron chi connectivity index (χ2n) is 3.57. The van der Waals surface area contributed by atoms with E-state index in [9.17, 15) is 8.42 Å². The molecule has 0 spiro atoms. The van der Waals surface area contributed by atoms with Crippen LogP contribution in [0.5, 0.6) is 0 Å². The molecule has 0 aliphatic heterocycles. The van der Waals surface area contributed by atoms with Gasteiger partial charge in [0.25, 0.3) is 10.0 Å². The lowest BCUT2D eigenvalue weighted by atomic mass is 10.6. The third-order valence-corrected chi connectivity index (χ3v) is 5.69. The summed E-state index contributed by atoms with van der Waals surface area (Å²) in [6.45, 7) is 0.798. The average Bonchev–Trinajstić information content (AvgIpc) is 2.86. The molecule has 2 N–H and O–H groups in total. The van der Waals surface area contributed by atoms with E-state index in [1.165, 1.54) is 11.3 Å². The Morgan fingerprint density at radius 2 is 2.27 bits per heavy atom. The van der Waals surface area contributed by atoms with Gasteiger partial charge in [-0.2, -0.15) is 4.31 Å². The predicted molar refractivity (Wildman–Crippen MR) is 60.3 cm³/mol. The Morgan fingerprint density at radius 1 is 1.53 bits per heavy atom. The zero-order valence-electron chi connectivity index (χ0n) is 8.30. The molecule has 1 aliphatic rings. The van der Waals surface area contributed by atoms with Gasteiger partial charge >= 0.3 is 0 Å². The van der Waals surface area contributed by atoms with Crippen LogP contribution in [0, 0.1) is 0 Å². The summed E-state index contributed by atoms with van der Waals surface area (Å²) >= 11 is 1.26. The average molecular weight is 246 g/mol. The highest BCUT2D eigenvalue weighted by Crippen LogP contribution is 2.32. The van der Waals surface area contributed by atoms with Gasteiger partial charge in [0.2, 0.25) is 0 Å².